The van der Waals surface area contributed by atoms with E-state index in [1.165, 1.54) is 0 Å². The Kier molecular flexibility index (Phi) is 3.61. The molecule has 0 fully saturated rings. The number of halogens is 3. The minimum atomic E-state index is -5.66. The number of aldehydes is 1. The maximum absolute atomic E-state index is 12.0. The Bertz CT molecular complexity index is 407. The molecule has 8 heteroatoms. The van der Waals surface area contributed by atoms with Gasteiger partial charge < -0.3 is 4.18 Å². The molecule has 92 valence electrons. The maximum atomic E-state index is 12.0. The third-order valence-electron chi connectivity index (χ3n) is 2.09. The summed E-state index contributed by atoms with van der Waals surface area (Å²) in [4.78, 5) is 10.5. The summed E-state index contributed by atoms with van der Waals surface area (Å²) < 4.78 is 61.3. The number of alkyl halides is 3. The van der Waals surface area contributed by atoms with Crippen molar-refractivity contribution in [3.8, 4) is 0 Å². The Balaban J connectivity index is 2.97. The van der Waals surface area contributed by atoms with E-state index < -0.39 is 21.4 Å². The van der Waals surface area contributed by atoms with Gasteiger partial charge in [-0.25, -0.2) is 0 Å². The molecule has 4 nitrogen and oxygen atoms in total. The molecule has 0 radical (unpaired) electrons. The van der Waals surface area contributed by atoms with Crippen molar-refractivity contribution in [3.05, 3.63) is 11.3 Å². The van der Waals surface area contributed by atoms with Gasteiger partial charge in [0, 0.05) is 12.0 Å². The van der Waals surface area contributed by atoms with Crippen LogP contribution in [-0.2, 0) is 19.1 Å². The molecule has 0 atom stereocenters. The van der Waals surface area contributed by atoms with E-state index in [0.29, 0.717) is 19.1 Å². The highest BCUT2D eigenvalue weighted by Crippen LogP contribution is 2.31. The van der Waals surface area contributed by atoms with E-state index in [4.69, 9.17) is 0 Å². The van der Waals surface area contributed by atoms with E-state index in [2.05, 4.69) is 4.18 Å². The van der Waals surface area contributed by atoms with Crippen molar-refractivity contribution >= 4 is 16.4 Å². The minimum Gasteiger partial charge on any atom is -0.380 e. The SMILES string of the molecule is O=CC1=C(OS(=O)(=O)C(F)(F)F)CCCC1. The van der Waals surface area contributed by atoms with Gasteiger partial charge in [-0.05, 0) is 19.3 Å². The molecule has 16 heavy (non-hydrogen) atoms. The molecule has 0 aromatic heterocycles. The van der Waals surface area contributed by atoms with Gasteiger partial charge in [0.25, 0.3) is 0 Å². The van der Waals surface area contributed by atoms with Crippen molar-refractivity contribution in [2.24, 2.45) is 0 Å². The molecule has 0 aliphatic heterocycles. The maximum Gasteiger partial charge on any atom is 0.534 e. The number of allylic oxidation sites excluding steroid dienone is 2. The predicted octanol–water partition coefficient (Wildman–Crippen LogP) is 1.88. The Labute approximate surface area is 90.2 Å². The van der Waals surface area contributed by atoms with Crippen molar-refractivity contribution in [1.82, 2.24) is 0 Å². The molecule has 1 aliphatic carbocycles. The molecule has 0 saturated carbocycles. The van der Waals surface area contributed by atoms with Gasteiger partial charge in [0.15, 0.2) is 0 Å². The van der Waals surface area contributed by atoms with Gasteiger partial charge in [-0.15, -0.1) is 0 Å². The lowest BCUT2D eigenvalue weighted by molar-refractivity contribution is -0.105. The zero-order chi connectivity index (χ0) is 12.4. The predicted molar refractivity (Wildman–Crippen MR) is 47.6 cm³/mol. The number of carbonyl (C=O) groups excluding carboxylic acids is 1. The van der Waals surface area contributed by atoms with Gasteiger partial charge in [-0.1, -0.05) is 0 Å². The Hall–Kier alpha value is -1.05. The third-order valence-corrected chi connectivity index (χ3v) is 3.08. The first-order valence-corrected chi connectivity index (χ1v) is 5.86. The lowest BCUT2D eigenvalue weighted by atomic mass is 9.99. The van der Waals surface area contributed by atoms with Crippen LogP contribution < -0.4 is 0 Å². The molecule has 0 aromatic carbocycles. The molecular weight excluding hydrogens is 249 g/mol. The molecule has 0 amide bonds. The van der Waals surface area contributed by atoms with Crippen molar-refractivity contribution in [1.29, 1.82) is 0 Å². The van der Waals surface area contributed by atoms with Crippen LogP contribution in [0.3, 0.4) is 0 Å². The van der Waals surface area contributed by atoms with Gasteiger partial charge >= 0.3 is 15.6 Å². The fourth-order valence-electron chi connectivity index (χ4n) is 1.30. The van der Waals surface area contributed by atoms with Gasteiger partial charge in [-0.2, -0.15) is 21.6 Å². The highest BCUT2D eigenvalue weighted by Gasteiger charge is 2.49. The van der Waals surface area contributed by atoms with Crippen LogP contribution in [0.15, 0.2) is 11.3 Å². The summed E-state index contributed by atoms with van der Waals surface area (Å²) >= 11 is 0. The monoisotopic (exact) mass is 258 g/mol. The fourth-order valence-corrected chi connectivity index (χ4v) is 1.85. The fraction of sp³-hybridized carbons (Fsp3) is 0.625. The number of hydrogen-bond acceptors (Lipinski definition) is 4. The number of hydrogen-bond donors (Lipinski definition) is 0. The summed E-state index contributed by atoms with van der Waals surface area (Å²) in [5.41, 5.74) is -5.48. The van der Waals surface area contributed by atoms with Crippen LogP contribution in [0.2, 0.25) is 0 Å². The summed E-state index contributed by atoms with van der Waals surface area (Å²) in [5, 5.41) is 0. The van der Waals surface area contributed by atoms with Crippen molar-refractivity contribution < 1.29 is 30.6 Å². The Morgan fingerprint density at radius 1 is 1.19 bits per heavy atom. The first kappa shape index (κ1) is 13.0. The second-order valence-corrected chi connectivity index (χ2v) is 4.79. The summed E-state index contributed by atoms with van der Waals surface area (Å²) in [6, 6.07) is 0. The molecule has 1 rings (SSSR count). The van der Waals surface area contributed by atoms with Crippen LogP contribution in [0.5, 0.6) is 0 Å². The average Bonchev–Trinajstić information content (AvgIpc) is 2.16. The molecule has 0 heterocycles. The van der Waals surface area contributed by atoms with E-state index in [-0.39, 0.29) is 18.4 Å². The third kappa shape index (κ3) is 2.75. The second-order valence-electron chi connectivity index (χ2n) is 3.26. The van der Waals surface area contributed by atoms with E-state index >= 15 is 0 Å². The lowest BCUT2D eigenvalue weighted by Crippen LogP contribution is -2.26. The van der Waals surface area contributed by atoms with Crippen LogP contribution in [-0.4, -0.2) is 20.2 Å². The molecular formula is C8H9F3O4S. The zero-order valence-corrected chi connectivity index (χ0v) is 8.90. The van der Waals surface area contributed by atoms with Crippen LogP contribution in [0.25, 0.3) is 0 Å². The number of rotatable bonds is 3. The molecule has 0 saturated heterocycles. The smallest absolute Gasteiger partial charge is 0.380 e. The standard InChI is InChI=1S/C8H9F3O4S/c9-8(10,11)16(13,14)15-7-4-2-1-3-6(7)5-12/h5H,1-4H2. The Morgan fingerprint density at radius 2 is 1.75 bits per heavy atom. The molecule has 0 aromatic rings. The quantitative estimate of drug-likeness (QED) is 0.440. The summed E-state index contributed by atoms with van der Waals surface area (Å²) in [5.74, 6) is -0.390. The lowest BCUT2D eigenvalue weighted by Gasteiger charge is -2.17. The normalized spacial score (nSPS) is 18.4. The van der Waals surface area contributed by atoms with Crippen molar-refractivity contribution in [3.63, 3.8) is 0 Å². The van der Waals surface area contributed by atoms with Crippen LogP contribution in [0, 0.1) is 0 Å². The molecule has 0 bridgehead atoms. The van der Waals surface area contributed by atoms with Gasteiger partial charge in [-0.3, -0.25) is 4.79 Å². The highest BCUT2D eigenvalue weighted by atomic mass is 32.2. The van der Waals surface area contributed by atoms with Gasteiger partial charge in [0.05, 0.1) is 0 Å². The molecule has 0 N–H and O–H groups in total. The van der Waals surface area contributed by atoms with Gasteiger partial charge in [0.2, 0.25) is 0 Å². The molecule has 0 unspecified atom stereocenters. The summed E-state index contributed by atoms with van der Waals surface area (Å²) in [7, 11) is -5.66. The Morgan fingerprint density at radius 3 is 2.25 bits per heavy atom. The van der Waals surface area contributed by atoms with Crippen LogP contribution in [0.4, 0.5) is 13.2 Å². The average molecular weight is 258 g/mol. The zero-order valence-electron chi connectivity index (χ0n) is 8.08. The number of carbonyl (C=O) groups is 1. The highest BCUT2D eigenvalue weighted by molar-refractivity contribution is 7.87. The summed E-state index contributed by atoms with van der Waals surface area (Å²) in [6.07, 6.45) is 1.74. The molecule has 1 aliphatic rings. The topological polar surface area (TPSA) is 60.4 Å². The second kappa shape index (κ2) is 4.44. The van der Waals surface area contributed by atoms with E-state index in [1.807, 2.05) is 0 Å². The van der Waals surface area contributed by atoms with Crippen LogP contribution >= 0.6 is 0 Å². The largest absolute Gasteiger partial charge is 0.534 e. The van der Waals surface area contributed by atoms with Crippen molar-refractivity contribution in [2.75, 3.05) is 0 Å². The van der Waals surface area contributed by atoms with Gasteiger partial charge in [0.1, 0.15) is 12.0 Å². The first-order chi connectivity index (χ1) is 7.28. The van der Waals surface area contributed by atoms with E-state index in [9.17, 15) is 26.4 Å². The first-order valence-electron chi connectivity index (χ1n) is 4.46. The molecule has 0 spiro atoms. The van der Waals surface area contributed by atoms with Crippen molar-refractivity contribution in [2.45, 2.75) is 31.2 Å². The van der Waals surface area contributed by atoms with Crippen LogP contribution in [0.1, 0.15) is 25.7 Å². The summed E-state index contributed by atoms with van der Waals surface area (Å²) in [6.45, 7) is 0. The minimum absolute atomic E-state index is 0.0147. The van der Waals surface area contributed by atoms with E-state index in [0.717, 1.165) is 0 Å². The van der Waals surface area contributed by atoms with E-state index in [1.54, 1.807) is 0 Å².